The first-order valence-electron chi connectivity index (χ1n) is 6.51. The molecular weight excluding hydrogens is 212 g/mol. The smallest absolute Gasteiger partial charge is 0.0644 e. The summed E-state index contributed by atoms with van der Waals surface area (Å²) in [4.78, 5) is 0. The Bertz CT molecular complexity index is 353. The predicted molar refractivity (Wildman–Crippen MR) is 71.4 cm³/mol. The van der Waals surface area contributed by atoms with Gasteiger partial charge in [0.15, 0.2) is 0 Å². The second-order valence-corrected chi connectivity index (χ2v) is 4.85. The Kier molecular flexibility index (Phi) is 5.15. The number of aromatic nitrogens is 2. The highest BCUT2D eigenvalue weighted by Crippen LogP contribution is 2.28. The van der Waals surface area contributed by atoms with Gasteiger partial charge < -0.3 is 0 Å². The minimum Gasteiger partial charge on any atom is -0.272 e. The summed E-state index contributed by atoms with van der Waals surface area (Å²) in [6, 6.07) is 0.216. The monoisotopic (exact) mass is 238 g/mol. The van der Waals surface area contributed by atoms with Gasteiger partial charge in [0.1, 0.15) is 0 Å². The van der Waals surface area contributed by atoms with Crippen LogP contribution in [0.15, 0.2) is 0 Å². The number of hydrogen-bond acceptors (Lipinski definition) is 3. The van der Waals surface area contributed by atoms with Crippen LogP contribution in [0.2, 0.25) is 0 Å². The molecule has 1 aromatic rings. The molecule has 98 valence electrons. The fraction of sp³-hybridized carbons (Fsp3) is 0.769. The molecule has 1 unspecified atom stereocenters. The highest BCUT2D eigenvalue weighted by Gasteiger charge is 2.21. The van der Waals surface area contributed by atoms with Crippen molar-refractivity contribution >= 4 is 0 Å². The second-order valence-electron chi connectivity index (χ2n) is 4.85. The third-order valence-electron chi connectivity index (χ3n) is 3.84. The topological polar surface area (TPSA) is 55.9 Å². The maximum atomic E-state index is 5.72. The van der Waals surface area contributed by atoms with Crippen molar-refractivity contribution in [1.29, 1.82) is 0 Å². The number of nitrogens with two attached hydrogens (primary N) is 1. The van der Waals surface area contributed by atoms with E-state index in [0.29, 0.717) is 0 Å². The van der Waals surface area contributed by atoms with Crippen molar-refractivity contribution in [3.8, 4) is 0 Å². The molecule has 0 aromatic carbocycles. The van der Waals surface area contributed by atoms with E-state index >= 15 is 0 Å². The Balaban J connectivity index is 2.93. The number of hydrazine groups is 1. The van der Waals surface area contributed by atoms with E-state index in [9.17, 15) is 0 Å². The molecule has 4 nitrogen and oxygen atoms in total. The average Bonchev–Trinajstić information content (AvgIpc) is 2.56. The lowest BCUT2D eigenvalue weighted by molar-refractivity contribution is 0.373. The number of aryl methyl sites for hydroxylation is 2. The van der Waals surface area contributed by atoms with Crippen LogP contribution in [-0.4, -0.2) is 9.78 Å². The van der Waals surface area contributed by atoms with Crippen LogP contribution in [0, 0.1) is 19.8 Å². The highest BCUT2D eigenvalue weighted by molar-refractivity contribution is 5.28. The van der Waals surface area contributed by atoms with Gasteiger partial charge in [-0.3, -0.25) is 16.0 Å². The third-order valence-corrected chi connectivity index (χ3v) is 3.84. The summed E-state index contributed by atoms with van der Waals surface area (Å²) < 4.78 is 1.93. The minimum absolute atomic E-state index is 0.216. The molecule has 0 saturated heterocycles. The largest absolute Gasteiger partial charge is 0.272 e. The number of rotatable bonds is 6. The molecule has 0 fully saturated rings. The molecule has 1 atom stereocenters. The summed E-state index contributed by atoms with van der Waals surface area (Å²) in [6.07, 6.45) is 3.48. The second kappa shape index (κ2) is 6.17. The summed E-state index contributed by atoms with van der Waals surface area (Å²) in [5.74, 6) is 6.44. The molecule has 0 amide bonds. The van der Waals surface area contributed by atoms with E-state index in [4.69, 9.17) is 5.84 Å². The van der Waals surface area contributed by atoms with E-state index in [1.165, 1.54) is 24.1 Å². The lowest BCUT2D eigenvalue weighted by Crippen LogP contribution is -2.30. The lowest BCUT2D eigenvalue weighted by atomic mass is 9.90. The van der Waals surface area contributed by atoms with Gasteiger partial charge in [-0.05, 0) is 26.2 Å². The van der Waals surface area contributed by atoms with E-state index in [1.54, 1.807) is 0 Å². The van der Waals surface area contributed by atoms with E-state index in [-0.39, 0.29) is 6.04 Å². The summed E-state index contributed by atoms with van der Waals surface area (Å²) in [5, 5.41) is 4.46. The van der Waals surface area contributed by atoms with Gasteiger partial charge in [0.05, 0.1) is 5.69 Å². The van der Waals surface area contributed by atoms with Crippen LogP contribution >= 0.6 is 0 Å². The number of nitrogens with zero attached hydrogens (tertiary/aromatic N) is 2. The first-order valence-corrected chi connectivity index (χ1v) is 6.51. The minimum atomic E-state index is 0.216. The Morgan fingerprint density at radius 3 is 2.24 bits per heavy atom. The Labute approximate surface area is 105 Å². The summed E-state index contributed by atoms with van der Waals surface area (Å²) in [6.45, 7) is 8.64. The molecule has 1 rings (SSSR count). The van der Waals surface area contributed by atoms with E-state index < -0.39 is 0 Å². The van der Waals surface area contributed by atoms with Crippen LogP contribution in [0.25, 0.3) is 0 Å². The van der Waals surface area contributed by atoms with Crippen molar-refractivity contribution < 1.29 is 0 Å². The third kappa shape index (κ3) is 3.07. The Morgan fingerprint density at radius 2 is 1.88 bits per heavy atom. The number of hydrogen-bond donors (Lipinski definition) is 2. The number of nitrogens with one attached hydrogen (secondary N) is 1. The van der Waals surface area contributed by atoms with Crippen molar-refractivity contribution in [3.05, 3.63) is 17.0 Å². The van der Waals surface area contributed by atoms with Crippen molar-refractivity contribution in [2.45, 2.75) is 53.0 Å². The molecule has 0 spiro atoms. The summed E-state index contributed by atoms with van der Waals surface area (Å²) in [7, 11) is 1.98. The SMILES string of the molecule is CCC(CC)CC(NN)c1c(C)nn(C)c1C. The first-order chi connectivity index (χ1) is 8.04. The Hall–Kier alpha value is -0.870. The fourth-order valence-corrected chi connectivity index (χ4v) is 2.52. The van der Waals surface area contributed by atoms with Gasteiger partial charge in [-0.2, -0.15) is 5.10 Å². The molecule has 4 heteroatoms. The first kappa shape index (κ1) is 14.2. The lowest BCUT2D eigenvalue weighted by Gasteiger charge is -2.22. The average molecular weight is 238 g/mol. The normalized spacial score (nSPS) is 13.4. The highest BCUT2D eigenvalue weighted by atomic mass is 15.3. The van der Waals surface area contributed by atoms with Crippen molar-refractivity contribution in [1.82, 2.24) is 15.2 Å². The van der Waals surface area contributed by atoms with Gasteiger partial charge in [0.25, 0.3) is 0 Å². The standard InChI is InChI=1S/C13H26N4/c1-6-11(7-2)8-12(15-14)13-9(3)16-17(5)10(13)4/h11-12,15H,6-8,14H2,1-5H3. The van der Waals surface area contributed by atoms with E-state index in [1.807, 2.05) is 11.7 Å². The molecule has 1 heterocycles. The molecular formula is C13H26N4. The molecule has 0 aliphatic carbocycles. The van der Waals surface area contributed by atoms with Crippen molar-refractivity contribution in [2.24, 2.45) is 18.8 Å². The molecule has 0 aliphatic heterocycles. The maximum absolute atomic E-state index is 5.72. The molecule has 3 N–H and O–H groups in total. The van der Waals surface area contributed by atoms with E-state index in [0.717, 1.165) is 18.0 Å². The zero-order valence-electron chi connectivity index (χ0n) is 11.7. The summed E-state index contributed by atoms with van der Waals surface area (Å²) >= 11 is 0. The molecule has 0 radical (unpaired) electrons. The predicted octanol–water partition coefficient (Wildman–Crippen LogP) is 2.37. The van der Waals surface area contributed by atoms with E-state index in [2.05, 4.69) is 38.2 Å². The van der Waals surface area contributed by atoms with Gasteiger partial charge in [-0.1, -0.05) is 26.7 Å². The molecule has 0 saturated carbocycles. The molecule has 1 aromatic heterocycles. The van der Waals surface area contributed by atoms with Crippen LogP contribution < -0.4 is 11.3 Å². The van der Waals surface area contributed by atoms with Crippen LogP contribution in [-0.2, 0) is 7.05 Å². The van der Waals surface area contributed by atoms with Gasteiger partial charge in [-0.25, -0.2) is 0 Å². The van der Waals surface area contributed by atoms with Crippen LogP contribution in [0.5, 0.6) is 0 Å². The fourth-order valence-electron chi connectivity index (χ4n) is 2.52. The molecule has 0 bridgehead atoms. The van der Waals surface area contributed by atoms with Crippen LogP contribution in [0.1, 0.15) is 56.1 Å². The Morgan fingerprint density at radius 1 is 1.29 bits per heavy atom. The van der Waals surface area contributed by atoms with Crippen molar-refractivity contribution in [3.63, 3.8) is 0 Å². The zero-order chi connectivity index (χ0) is 13.0. The van der Waals surface area contributed by atoms with Crippen molar-refractivity contribution in [2.75, 3.05) is 0 Å². The zero-order valence-corrected chi connectivity index (χ0v) is 11.7. The van der Waals surface area contributed by atoms with Gasteiger partial charge >= 0.3 is 0 Å². The maximum Gasteiger partial charge on any atom is 0.0644 e. The van der Waals surface area contributed by atoms with Gasteiger partial charge in [0, 0.05) is 24.3 Å². The van der Waals surface area contributed by atoms with Gasteiger partial charge in [-0.15, -0.1) is 0 Å². The summed E-state index contributed by atoms with van der Waals surface area (Å²) in [5.41, 5.74) is 6.51. The van der Waals surface area contributed by atoms with Crippen LogP contribution in [0.4, 0.5) is 0 Å². The molecule has 0 aliphatic rings. The molecule has 17 heavy (non-hydrogen) atoms. The van der Waals surface area contributed by atoms with Gasteiger partial charge in [0.2, 0.25) is 0 Å². The van der Waals surface area contributed by atoms with Crippen LogP contribution in [0.3, 0.4) is 0 Å². The quantitative estimate of drug-likeness (QED) is 0.591.